The summed E-state index contributed by atoms with van der Waals surface area (Å²) in [7, 11) is -4.33. The lowest BCUT2D eigenvalue weighted by Crippen LogP contribution is -2.40. The molecule has 4 heterocycles. The molecule has 43 heavy (non-hydrogen) atoms. The maximum absolute atomic E-state index is 12.9. The van der Waals surface area contributed by atoms with Crippen molar-refractivity contribution in [2.75, 3.05) is 18.5 Å². The van der Waals surface area contributed by atoms with Gasteiger partial charge in [0, 0.05) is 30.4 Å². The first kappa shape index (κ1) is 31.0. The largest absolute Gasteiger partial charge is 0.477 e. The molecular formula is C27H31ClF3N7O4S. The lowest BCUT2D eigenvalue weighted by molar-refractivity contribution is -0.151. The smallest absolute Gasteiger partial charge is 0.392 e. The van der Waals surface area contributed by atoms with Crippen molar-refractivity contribution in [2.24, 2.45) is 11.8 Å². The van der Waals surface area contributed by atoms with Crippen LogP contribution in [0.5, 0.6) is 5.88 Å². The Morgan fingerprint density at radius 2 is 2.00 bits per heavy atom. The molecule has 0 bridgehead atoms. The molecule has 3 unspecified atom stereocenters. The molecule has 0 aromatic carbocycles. The number of carbonyl (C=O) groups excluding carboxylic acids is 1. The van der Waals surface area contributed by atoms with Crippen LogP contribution in [0.25, 0.3) is 5.82 Å². The van der Waals surface area contributed by atoms with E-state index in [1.165, 1.54) is 41.2 Å². The molecule has 2 aliphatic rings. The quantitative estimate of drug-likeness (QED) is 0.261. The van der Waals surface area contributed by atoms with Crippen LogP contribution >= 0.6 is 11.6 Å². The number of amides is 1. The van der Waals surface area contributed by atoms with Crippen LogP contribution in [0.2, 0.25) is 5.15 Å². The normalized spacial score (nSPS) is 21.4. The van der Waals surface area contributed by atoms with Gasteiger partial charge in [0.25, 0.3) is 15.9 Å². The molecule has 11 nitrogen and oxygen atoms in total. The first-order valence-electron chi connectivity index (χ1n) is 13.7. The number of hydrogen-bond donors (Lipinski definition) is 3. The number of hydrogen-bond acceptors (Lipinski definition) is 9. The Kier molecular flexibility index (Phi) is 8.60. The Morgan fingerprint density at radius 3 is 2.67 bits per heavy atom. The minimum absolute atomic E-state index is 0.0457. The summed E-state index contributed by atoms with van der Waals surface area (Å²) in [6.45, 7) is 4.89. The van der Waals surface area contributed by atoms with Crippen molar-refractivity contribution in [1.82, 2.24) is 29.8 Å². The van der Waals surface area contributed by atoms with E-state index in [0.29, 0.717) is 12.4 Å². The second-order valence-electron chi connectivity index (χ2n) is 11.3. The number of nitrogens with one attached hydrogen (secondary N) is 3. The van der Waals surface area contributed by atoms with Crippen molar-refractivity contribution in [2.45, 2.75) is 62.3 Å². The van der Waals surface area contributed by atoms with Crippen molar-refractivity contribution in [3.05, 3.63) is 53.3 Å². The topological polar surface area (TPSA) is 140 Å². The summed E-state index contributed by atoms with van der Waals surface area (Å²) >= 11 is 6.22. The van der Waals surface area contributed by atoms with Gasteiger partial charge >= 0.3 is 6.18 Å². The predicted molar refractivity (Wildman–Crippen MR) is 152 cm³/mol. The summed E-state index contributed by atoms with van der Waals surface area (Å²) in [5.41, 5.74) is -0.144. The van der Waals surface area contributed by atoms with Gasteiger partial charge in [-0.2, -0.15) is 21.6 Å². The molecule has 5 rings (SSSR count). The van der Waals surface area contributed by atoms with Gasteiger partial charge in [0.2, 0.25) is 5.88 Å². The van der Waals surface area contributed by atoms with Crippen molar-refractivity contribution < 1.29 is 31.1 Å². The highest BCUT2D eigenvalue weighted by atomic mass is 35.5. The van der Waals surface area contributed by atoms with E-state index in [-0.39, 0.29) is 58.5 Å². The van der Waals surface area contributed by atoms with Gasteiger partial charge in [-0.3, -0.25) is 4.79 Å². The average molecular weight is 642 g/mol. The number of anilines is 1. The Bertz CT molecular complexity index is 1600. The molecule has 3 N–H and O–H groups in total. The van der Waals surface area contributed by atoms with Crippen LogP contribution in [0.3, 0.4) is 0 Å². The van der Waals surface area contributed by atoms with Crippen LogP contribution in [-0.4, -0.2) is 65.0 Å². The van der Waals surface area contributed by atoms with Crippen LogP contribution in [0, 0.1) is 11.8 Å². The summed E-state index contributed by atoms with van der Waals surface area (Å²) in [6, 6.07) is 8.87. The highest BCUT2D eigenvalue weighted by Crippen LogP contribution is 2.51. The van der Waals surface area contributed by atoms with Gasteiger partial charge in [-0.1, -0.05) is 17.7 Å². The third kappa shape index (κ3) is 7.75. The zero-order valence-electron chi connectivity index (χ0n) is 23.4. The lowest BCUT2D eigenvalue weighted by Gasteiger charge is -2.20. The number of sulfonamides is 1. The molecule has 16 heteroatoms. The molecule has 0 radical (unpaired) electrons. The first-order valence-corrected chi connectivity index (χ1v) is 15.5. The summed E-state index contributed by atoms with van der Waals surface area (Å²) < 4.78 is 72.6. The molecule has 3 aromatic heterocycles. The maximum Gasteiger partial charge on any atom is 0.392 e. The van der Waals surface area contributed by atoms with Crippen LogP contribution < -0.4 is 20.1 Å². The lowest BCUT2D eigenvalue weighted by atomic mass is 10.0. The Labute approximate surface area is 251 Å². The van der Waals surface area contributed by atoms with E-state index in [1.54, 1.807) is 6.07 Å². The average Bonchev–Trinajstić information content (AvgIpc) is 3.43. The second-order valence-corrected chi connectivity index (χ2v) is 13.3. The SMILES string of the molecule is CC1(C)CCC(CNc2cccc(S(=O)(=O)NC(=O)c3ccc(-n4ccc(OCCC5CC5C(F)(F)F)n4)nc3Cl)n2)N1. The van der Waals surface area contributed by atoms with E-state index in [4.69, 9.17) is 16.3 Å². The van der Waals surface area contributed by atoms with Crippen LogP contribution in [0.4, 0.5) is 19.0 Å². The van der Waals surface area contributed by atoms with Crippen molar-refractivity contribution in [3.63, 3.8) is 0 Å². The minimum Gasteiger partial charge on any atom is -0.477 e. The number of carbonyl (C=O) groups is 1. The number of nitrogens with zero attached hydrogens (tertiary/aromatic N) is 4. The van der Waals surface area contributed by atoms with Gasteiger partial charge < -0.3 is 15.4 Å². The molecule has 1 amide bonds. The van der Waals surface area contributed by atoms with E-state index in [9.17, 15) is 26.4 Å². The molecule has 1 saturated heterocycles. The molecule has 0 spiro atoms. The molecule has 1 aliphatic heterocycles. The van der Waals surface area contributed by atoms with Gasteiger partial charge in [0.05, 0.1) is 18.1 Å². The van der Waals surface area contributed by atoms with Gasteiger partial charge in [-0.25, -0.2) is 19.4 Å². The summed E-state index contributed by atoms with van der Waals surface area (Å²) in [4.78, 5) is 21.1. The van der Waals surface area contributed by atoms with E-state index in [2.05, 4.69) is 39.5 Å². The van der Waals surface area contributed by atoms with E-state index < -0.39 is 33.9 Å². The zero-order valence-corrected chi connectivity index (χ0v) is 24.9. The zero-order chi connectivity index (χ0) is 31.0. The standard InChI is InChI=1S/C27H31ClF3N7O4S/c1-26(2)11-8-17(35-26)15-32-20-4-3-5-23(33-20)43(40,41)37-25(39)18-6-7-21(34-24(18)28)38-12-9-22(36-38)42-13-10-16-14-19(16)27(29,30)31/h3-7,9,12,16-17,19,35H,8,10-11,13-15H2,1-2H3,(H,32,33)(H,37,39). The van der Waals surface area contributed by atoms with Crippen LogP contribution in [0.1, 0.15) is 49.9 Å². The highest BCUT2D eigenvalue weighted by molar-refractivity contribution is 7.90. The molecule has 1 aliphatic carbocycles. The number of ether oxygens (including phenoxy) is 1. The molecule has 232 valence electrons. The Morgan fingerprint density at radius 1 is 1.21 bits per heavy atom. The highest BCUT2D eigenvalue weighted by Gasteiger charge is 2.55. The van der Waals surface area contributed by atoms with Gasteiger partial charge in [0.15, 0.2) is 10.8 Å². The van der Waals surface area contributed by atoms with Crippen molar-refractivity contribution in [3.8, 4) is 11.7 Å². The fourth-order valence-corrected chi connectivity index (χ4v) is 6.19. The molecular weight excluding hydrogens is 611 g/mol. The fourth-order valence-electron chi connectivity index (χ4n) is 5.02. The summed E-state index contributed by atoms with van der Waals surface area (Å²) in [5.74, 6) is -1.95. The van der Waals surface area contributed by atoms with Crippen molar-refractivity contribution >= 4 is 33.3 Å². The van der Waals surface area contributed by atoms with Gasteiger partial charge in [-0.15, -0.1) is 5.10 Å². The Hall–Kier alpha value is -3.43. The third-order valence-electron chi connectivity index (χ3n) is 7.43. The second kappa shape index (κ2) is 11.9. The number of halogens is 4. The number of pyridine rings is 2. The van der Waals surface area contributed by atoms with Gasteiger partial charge in [0.1, 0.15) is 11.0 Å². The monoisotopic (exact) mass is 641 g/mol. The first-order chi connectivity index (χ1) is 20.2. The molecule has 2 fully saturated rings. The molecule has 3 aromatic rings. The number of aromatic nitrogens is 4. The molecule has 1 saturated carbocycles. The van der Waals surface area contributed by atoms with E-state index in [1.807, 2.05) is 4.72 Å². The van der Waals surface area contributed by atoms with Crippen LogP contribution in [-0.2, 0) is 10.0 Å². The summed E-state index contributed by atoms with van der Waals surface area (Å²) in [6.07, 6.45) is -0.284. The Balaban J connectivity index is 1.16. The van der Waals surface area contributed by atoms with Crippen molar-refractivity contribution in [1.29, 1.82) is 0 Å². The summed E-state index contributed by atoms with van der Waals surface area (Å²) in [5, 5.41) is 10.2. The van der Waals surface area contributed by atoms with Gasteiger partial charge in [-0.05, 0) is 69.7 Å². The third-order valence-corrected chi connectivity index (χ3v) is 8.95. The fraction of sp³-hybridized carbons (Fsp3) is 0.481. The van der Waals surface area contributed by atoms with E-state index >= 15 is 0 Å². The number of alkyl halides is 3. The number of rotatable bonds is 11. The predicted octanol–water partition coefficient (Wildman–Crippen LogP) is 4.34. The minimum atomic E-state index is -4.33. The maximum atomic E-state index is 12.9. The molecule has 3 atom stereocenters. The van der Waals surface area contributed by atoms with Crippen LogP contribution in [0.15, 0.2) is 47.6 Å². The van der Waals surface area contributed by atoms with E-state index in [0.717, 1.165) is 12.8 Å².